The van der Waals surface area contributed by atoms with E-state index in [0.29, 0.717) is 12.0 Å². The van der Waals surface area contributed by atoms with Crippen molar-refractivity contribution < 1.29 is 13.9 Å². The zero-order chi connectivity index (χ0) is 14.5. The molecule has 2 aromatic rings. The number of benzene rings is 2. The minimum Gasteiger partial charge on any atom is -0.497 e. The van der Waals surface area contributed by atoms with Crippen LogP contribution < -0.4 is 15.2 Å². The molecule has 0 saturated carbocycles. The lowest BCUT2D eigenvalue weighted by Gasteiger charge is -2.15. The fraction of sp³-hybridized carbons (Fsp3) is 0.250. The van der Waals surface area contributed by atoms with Gasteiger partial charge in [0.2, 0.25) is 0 Å². The van der Waals surface area contributed by atoms with Gasteiger partial charge in [-0.2, -0.15) is 0 Å². The number of ether oxygens (including phenoxy) is 2. The van der Waals surface area contributed by atoms with Crippen LogP contribution in [0.25, 0.3) is 0 Å². The summed E-state index contributed by atoms with van der Waals surface area (Å²) in [4.78, 5) is 0. The van der Waals surface area contributed by atoms with Crippen LogP contribution in [0.15, 0.2) is 42.5 Å². The van der Waals surface area contributed by atoms with Crippen LogP contribution in [0.2, 0.25) is 0 Å². The summed E-state index contributed by atoms with van der Waals surface area (Å²) in [6, 6.07) is 12.2. The van der Waals surface area contributed by atoms with Gasteiger partial charge in [-0.3, -0.25) is 0 Å². The minimum absolute atomic E-state index is 0.215. The summed E-state index contributed by atoms with van der Waals surface area (Å²) >= 11 is 0. The Bertz CT molecular complexity index is 569. The first kappa shape index (κ1) is 14.3. The highest BCUT2D eigenvalue weighted by Crippen LogP contribution is 2.26. The Morgan fingerprint density at radius 1 is 1.05 bits per heavy atom. The van der Waals surface area contributed by atoms with E-state index in [4.69, 9.17) is 15.2 Å². The molecule has 20 heavy (non-hydrogen) atoms. The quantitative estimate of drug-likeness (QED) is 0.912. The van der Waals surface area contributed by atoms with E-state index >= 15 is 0 Å². The summed E-state index contributed by atoms with van der Waals surface area (Å²) in [7, 11) is 3.06. The Labute approximate surface area is 118 Å². The second kappa shape index (κ2) is 6.39. The molecule has 3 nitrogen and oxygen atoms in total. The molecule has 0 aromatic heterocycles. The summed E-state index contributed by atoms with van der Waals surface area (Å²) in [6.45, 7) is 0. The van der Waals surface area contributed by atoms with Crippen LogP contribution in [0.4, 0.5) is 4.39 Å². The van der Waals surface area contributed by atoms with E-state index < -0.39 is 11.9 Å². The van der Waals surface area contributed by atoms with Gasteiger partial charge in [0.25, 0.3) is 0 Å². The summed E-state index contributed by atoms with van der Waals surface area (Å²) in [5.74, 6) is 0.610. The Morgan fingerprint density at radius 2 is 1.75 bits per heavy atom. The molecule has 1 atom stereocenters. The smallest absolute Gasteiger partial charge is 0.169 e. The summed E-state index contributed by atoms with van der Waals surface area (Å²) in [6.07, 6.45) is 0.550. The molecule has 0 spiro atoms. The third-order valence-electron chi connectivity index (χ3n) is 3.23. The number of halogens is 1. The molecular formula is C16H18FNO2. The second-order valence-electron chi connectivity index (χ2n) is 4.52. The Morgan fingerprint density at radius 3 is 2.35 bits per heavy atom. The Balaban J connectivity index is 2.16. The molecule has 2 N–H and O–H groups in total. The SMILES string of the molecule is COc1ccc(CC(N)c2cccc(OC)c2F)cc1. The molecule has 0 bridgehead atoms. The molecule has 2 aromatic carbocycles. The lowest BCUT2D eigenvalue weighted by atomic mass is 9.99. The monoisotopic (exact) mass is 275 g/mol. The van der Waals surface area contributed by atoms with Gasteiger partial charge >= 0.3 is 0 Å². The van der Waals surface area contributed by atoms with Crippen molar-refractivity contribution in [3.05, 3.63) is 59.4 Å². The highest BCUT2D eigenvalue weighted by Gasteiger charge is 2.15. The molecule has 0 saturated heterocycles. The van der Waals surface area contributed by atoms with E-state index in [1.165, 1.54) is 7.11 Å². The van der Waals surface area contributed by atoms with Crippen molar-refractivity contribution >= 4 is 0 Å². The maximum atomic E-state index is 14.1. The predicted octanol–water partition coefficient (Wildman–Crippen LogP) is 3.09. The van der Waals surface area contributed by atoms with Gasteiger partial charge in [0.1, 0.15) is 5.75 Å². The average Bonchev–Trinajstić information content (AvgIpc) is 2.48. The van der Waals surface area contributed by atoms with Gasteiger partial charge in [-0.05, 0) is 30.2 Å². The van der Waals surface area contributed by atoms with Crippen molar-refractivity contribution in [2.75, 3.05) is 14.2 Å². The van der Waals surface area contributed by atoms with Crippen LogP contribution in [0.5, 0.6) is 11.5 Å². The zero-order valence-electron chi connectivity index (χ0n) is 11.6. The van der Waals surface area contributed by atoms with Gasteiger partial charge in [-0.1, -0.05) is 24.3 Å². The van der Waals surface area contributed by atoms with Gasteiger partial charge in [0.05, 0.1) is 14.2 Å². The standard InChI is InChI=1S/C16H18FNO2/c1-19-12-8-6-11(7-9-12)10-14(18)13-4-3-5-15(20-2)16(13)17/h3-9,14H,10,18H2,1-2H3. The van der Waals surface area contributed by atoms with E-state index in [-0.39, 0.29) is 5.75 Å². The maximum Gasteiger partial charge on any atom is 0.169 e. The fourth-order valence-corrected chi connectivity index (χ4v) is 2.10. The van der Waals surface area contributed by atoms with E-state index in [1.807, 2.05) is 24.3 Å². The van der Waals surface area contributed by atoms with Gasteiger partial charge in [0, 0.05) is 11.6 Å². The third kappa shape index (κ3) is 3.08. The largest absolute Gasteiger partial charge is 0.497 e. The topological polar surface area (TPSA) is 44.5 Å². The zero-order valence-corrected chi connectivity index (χ0v) is 11.6. The van der Waals surface area contributed by atoms with Crippen LogP contribution in [0.1, 0.15) is 17.2 Å². The highest BCUT2D eigenvalue weighted by molar-refractivity contribution is 5.34. The van der Waals surface area contributed by atoms with Gasteiger partial charge < -0.3 is 15.2 Å². The van der Waals surface area contributed by atoms with Gasteiger partial charge in [-0.25, -0.2) is 4.39 Å². The van der Waals surface area contributed by atoms with Crippen molar-refractivity contribution in [1.82, 2.24) is 0 Å². The number of rotatable bonds is 5. The maximum absolute atomic E-state index is 14.1. The third-order valence-corrected chi connectivity index (χ3v) is 3.23. The van der Waals surface area contributed by atoms with E-state index in [1.54, 1.807) is 25.3 Å². The van der Waals surface area contributed by atoms with E-state index in [9.17, 15) is 4.39 Å². The first-order chi connectivity index (χ1) is 9.65. The molecule has 0 aliphatic carbocycles. The molecule has 4 heteroatoms. The molecule has 2 rings (SSSR count). The number of hydrogen-bond acceptors (Lipinski definition) is 3. The van der Waals surface area contributed by atoms with Crippen LogP contribution in [0.3, 0.4) is 0 Å². The molecule has 0 fully saturated rings. The first-order valence-electron chi connectivity index (χ1n) is 6.36. The first-order valence-corrected chi connectivity index (χ1v) is 6.36. The summed E-state index contributed by atoms with van der Waals surface area (Å²) in [5, 5.41) is 0. The van der Waals surface area contributed by atoms with Crippen LogP contribution >= 0.6 is 0 Å². The molecule has 1 unspecified atom stereocenters. The lowest BCUT2D eigenvalue weighted by molar-refractivity contribution is 0.382. The minimum atomic E-state index is -0.418. The van der Waals surface area contributed by atoms with Crippen molar-refractivity contribution in [3.8, 4) is 11.5 Å². The number of hydrogen-bond donors (Lipinski definition) is 1. The van der Waals surface area contributed by atoms with E-state index in [0.717, 1.165) is 11.3 Å². The molecular weight excluding hydrogens is 257 g/mol. The van der Waals surface area contributed by atoms with E-state index in [2.05, 4.69) is 0 Å². The molecule has 0 amide bonds. The average molecular weight is 275 g/mol. The molecule has 0 heterocycles. The van der Waals surface area contributed by atoms with Gasteiger partial charge in [-0.15, -0.1) is 0 Å². The molecule has 0 aliphatic heterocycles. The van der Waals surface area contributed by atoms with Gasteiger partial charge in [0.15, 0.2) is 11.6 Å². The highest BCUT2D eigenvalue weighted by atomic mass is 19.1. The normalized spacial score (nSPS) is 12.0. The molecule has 106 valence electrons. The number of methoxy groups -OCH3 is 2. The van der Waals surface area contributed by atoms with Crippen molar-refractivity contribution in [3.63, 3.8) is 0 Å². The fourth-order valence-electron chi connectivity index (χ4n) is 2.10. The molecule has 0 radical (unpaired) electrons. The number of nitrogens with two attached hydrogens (primary N) is 1. The van der Waals surface area contributed by atoms with Crippen molar-refractivity contribution in [1.29, 1.82) is 0 Å². The molecule has 0 aliphatic rings. The summed E-state index contributed by atoms with van der Waals surface area (Å²) < 4.78 is 24.2. The Kier molecular flexibility index (Phi) is 4.58. The summed E-state index contributed by atoms with van der Waals surface area (Å²) in [5.41, 5.74) is 7.58. The van der Waals surface area contributed by atoms with Crippen molar-refractivity contribution in [2.45, 2.75) is 12.5 Å². The van der Waals surface area contributed by atoms with Crippen LogP contribution in [0, 0.1) is 5.82 Å². The second-order valence-corrected chi connectivity index (χ2v) is 4.52. The lowest BCUT2D eigenvalue weighted by Crippen LogP contribution is -2.15. The van der Waals surface area contributed by atoms with Crippen LogP contribution in [-0.2, 0) is 6.42 Å². The Hall–Kier alpha value is -2.07. The predicted molar refractivity (Wildman–Crippen MR) is 76.6 cm³/mol. The van der Waals surface area contributed by atoms with Crippen molar-refractivity contribution in [2.24, 2.45) is 5.73 Å². The van der Waals surface area contributed by atoms with Crippen LogP contribution in [-0.4, -0.2) is 14.2 Å².